The monoisotopic (exact) mass is 305 g/mol. The number of aromatic nitrogens is 2. The summed E-state index contributed by atoms with van der Waals surface area (Å²) < 4.78 is 1.59. The number of β-amino-alcohol motifs (C(OH)–C–C–N with tert-alkyl or cyclic N) is 1. The highest BCUT2D eigenvalue weighted by Crippen LogP contribution is 2.21. The van der Waals surface area contributed by atoms with Gasteiger partial charge in [0.1, 0.15) is 0 Å². The van der Waals surface area contributed by atoms with E-state index in [9.17, 15) is 14.7 Å². The molecule has 1 heterocycles. The highest BCUT2D eigenvalue weighted by atomic mass is 16.4. The Bertz CT molecular complexity index is 710. The number of ketones is 1. The van der Waals surface area contributed by atoms with Gasteiger partial charge in [-0.15, -0.1) is 0 Å². The number of Topliss-reactive ketones (excluding diaryl/α,β-unsaturated/α-hetero) is 1. The molecule has 1 unspecified atom stereocenters. The van der Waals surface area contributed by atoms with Crippen LogP contribution in [0.25, 0.3) is 11.0 Å². The van der Waals surface area contributed by atoms with E-state index < -0.39 is 17.3 Å². The number of carboxylic acid groups (broad SMARTS) is 1. The molecule has 0 bridgehead atoms. The number of aliphatic carboxylic acids is 1. The molecule has 0 aliphatic carbocycles. The van der Waals surface area contributed by atoms with Gasteiger partial charge in [-0.25, -0.2) is 9.78 Å². The van der Waals surface area contributed by atoms with Gasteiger partial charge in [-0.2, -0.15) is 0 Å². The van der Waals surface area contributed by atoms with Gasteiger partial charge in [0.2, 0.25) is 5.78 Å². The van der Waals surface area contributed by atoms with Gasteiger partial charge in [-0.05, 0) is 18.6 Å². The summed E-state index contributed by atoms with van der Waals surface area (Å²) >= 11 is 0. The first kappa shape index (κ1) is 16.1. The Hall–Kier alpha value is -2.25. The van der Waals surface area contributed by atoms with Crippen LogP contribution in [0.15, 0.2) is 24.3 Å². The maximum atomic E-state index is 12.8. The van der Waals surface area contributed by atoms with Crippen LogP contribution in [0.2, 0.25) is 0 Å². The number of benzene rings is 1. The molecule has 0 spiro atoms. The van der Waals surface area contributed by atoms with Gasteiger partial charge in [0.25, 0.3) is 0 Å². The van der Waals surface area contributed by atoms with Crippen LogP contribution in [0.5, 0.6) is 0 Å². The molecule has 2 aromatic rings. The number of para-hydroxylation sites is 2. The number of hydrogen-bond acceptors (Lipinski definition) is 5. The molecule has 118 valence electrons. The molecule has 22 heavy (non-hydrogen) atoms. The molecule has 1 aromatic heterocycles. The Morgan fingerprint density at radius 1 is 1.36 bits per heavy atom. The Balaban J connectivity index is 2.53. The lowest BCUT2D eigenvalue weighted by atomic mass is 9.90. The summed E-state index contributed by atoms with van der Waals surface area (Å²) in [4.78, 5) is 28.8. The molecule has 0 fully saturated rings. The smallest absolute Gasteiger partial charge is 0.332 e. The highest BCUT2D eigenvalue weighted by Gasteiger charge is 2.46. The summed E-state index contributed by atoms with van der Waals surface area (Å²) in [6.45, 7) is 1.36. The van der Waals surface area contributed by atoms with Gasteiger partial charge < -0.3 is 14.8 Å². The second-order valence-electron chi connectivity index (χ2n) is 5.03. The van der Waals surface area contributed by atoms with E-state index in [1.54, 1.807) is 30.7 Å². The van der Waals surface area contributed by atoms with Gasteiger partial charge in [-0.3, -0.25) is 10.1 Å². The topological polar surface area (TPSA) is 104 Å². The number of carbonyl (C=O) groups is 2. The predicted octanol–water partition coefficient (Wildman–Crippen LogP) is 0.571. The highest BCUT2D eigenvalue weighted by molar-refractivity contribution is 6.15. The minimum absolute atomic E-state index is 0.00974. The van der Waals surface area contributed by atoms with E-state index in [1.165, 1.54) is 0 Å². The lowest BCUT2D eigenvalue weighted by molar-refractivity contribution is -0.142. The number of aliphatic hydroxyl groups is 1. The van der Waals surface area contributed by atoms with Gasteiger partial charge in [0.05, 0.1) is 17.6 Å². The molecule has 7 heteroatoms. The van der Waals surface area contributed by atoms with E-state index >= 15 is 0 Å². The van der Waals surface area contributed by atoms with Crippen LogP contribution >= 0.6 is 0 Å². The maximum Gasteiger partial charge on any atom is 0.332 e. The van der Waals surface area contributed by atoms with Crippen molar-refractivity contribution >= 4 is 22.8 Å². The second-order valence-corrected chi connectivity index (χ2v) is 5.03. The molecule has 1 aromatic carbocycles. The molecule has 0 amide bonds. The summed E-state index contributed by atoms with van der Waals surface area (Å²) in [6, 6.07) is 7.21. The number of aliphatic hydroxyl groups excluding tert-OH is 1. The van der Waals surface area contributed by atoms with Crippen LogP contribution in [0.3, 0.4) is 0 Å². The molecule has 0 aliphatic rings. The minimum Gasteiger partial charge on any atom is -0.480 e. The van der Waals surface area contributed by atoms with Crippen LogP contribution < -0.4 is 5.32 Å². The second kappa shape index (κ2) is 6.25. The number of imidazole rings is 1. The first-order chi connectivity index (χ1) is 10.5. The summed E-state index contributed by atoms with van der Waals surface area (Å²) in [5.74, 6) is -1.81. The fraction of sp³-hybridized carbons (Fsp3) is 0.400. The molecule has 7 nitrogen and oxygen atoms in total. The van der Waals surface area contributed by atoms with Crippen molar-refractivity contribution in [1.82, 2.24) is 14.9 Å². The van der Waals surface area contributed by atoms with Gasteiger partial charge in [0.15, 0.2) is 11.4 Å². The van der Waals surface area contributed by atoms with Gasteiger partial charge in [0, 0.05) is 13.6 Å². The van der Waals surface area contributed by atoms with Crippen molar-refractivity contribution in [3.8, 4) is 0 Å². The van der Waals surface area contributed by atoms with E-state index in [0.29, 0.717) is 5.52 Å². The normalized spacial score (nSPS) is 14.0. The molecular formula is C15H19N3O4. The Morgan fingerprint density at radius 3 is 2.59 bits per heavy atom. The number of nitrogens with zero attached hydrogens (tertiary/aromatic N) is 2. The number of hydrogen-bond donors (Lipinski definition) is 3. The molecule has 0 saturated heterocycles. The largest absolute Gasteiger partial charge is 0.480 e. The average molecular weight is 305 g/mol. The van der Waals surface area contributed by atoms with Gasteiger partial charge in [-0.1, -0.05) is 19.1 Å². The minimum atomic E-state index is -1.79. The van der Waals surface area contributed by atoms with Crippen LogP contribution in [-0.2, 0) is 11.8 Å². The number of rotatable bonds is 7. The quantitative estimate of drug-likeness (QED) is 0.510. The third-order valence-corrected chi connectivity index (χ3v) is 3.81. The van der Waals surface area contributed by atoms with E-state index in [4.69, 9.17) is 5.11 Å². The standard InChI is InChI=1S/C15H19N3O4/c1-3-15(14(21)22,16-8-9-19)12(20)13-17-10-6-4-5-7-11(10)18(13)2/h4-7,16,19H,3,8-9H2,1-2H3,(H,21,22). The first-order valence-electron chi connectivity index (χ1n) is 7.03. The van der Waals surface area contributed by atoms with Crippen molar-refractivity contribution in [2.75, 3.05) is 13.2 Å². The lowest BCUT2D eigenvalue weighted by Crippen LogP contribution is -2.59. The zero-order chi connectivity index (χ0) is 16.3. The zero-order valence-electron chi connectivity index (χ0n) is 12.5. The fourth-order valence-corrected chi connectivity index (χ4v) is 2.50. The fourth-order valence-electron chi connectivity index (χ4n) is 2.50. The van der Waals surface area contributed by atoms with Crippen molar-refractivity contribution in [1.29, 1.82) is 0 Å². The average Bonchev–Trinajstić information content (AvgIpc) is 2.85. The predicted molar refractivity (Wildman–Crippen MR) is 80.8 cm³/mol. The van der Waals surface area contributed by atoms with Crippen LogP contribution in [-0.4, -0.2) is 50.2 Å². The van der Waals surface area contributed by atoms with Crippen molar-refractivity contribution < 1.29 is 19.8 Å². The summed E-state index contributed by atoms with van der Waals surface area (Å²) in [6.07, 6.45) is 0.0460. The van der Waals surface area contributed by atoms with Crippen LogP contribution in [0.1, 0.15) is 24.0 Å². The number of carboxylic acids is 1. The summed E-state index contributed by atoms with van der Waals surface area (Å²) in [5.41, 5.74) is -0.410. The Morgan fingerprint density at radius 2 is 2.05 bits per heavy atom. The zero-order valence-corrected chi connectivity index (χ0v) is 12.5. The van der Waals surface area contributed by atoms with Crippen LogP contribution in [0.4, 0.5) is 0 Å². The van der Waals surface area contributed by atoms with Crippen molar-refractivity contribution in [3.05, 3.63) is 30.1 Å². The maximum absolute atomic E-state index is 12.8. The first-order valence-corrected chi connectivity index (χ1v) is 7.03. The third kappa shape index (κ3) is 2.49. The lowest BCUT2D eigenvalue weighted by Gasteiger charge is -2.27. The number of carbonyl (C=O) groups excluding carboxylic acids is 1. The molecular weight excluding hydrogens is 286 g/mol. The third-order valence-electron chi connectivity index (χ3n) is 3.81. The van der Waals surface area contributed by atoms with E-state index in [2.05, 4.69) is 10.3 Å². The number of fused-ring (bicyclic) bond motifs is 1. The van der Waals surface area contributed by atoms with Crippen molar-refractivity contribution in [3.63, 3.8) is 0 Å². The number of nitrogens with one attached hydrogen (secondary N) is 1. The van der Waals surface area contributed by atoms with E-state index in [0.717, 1.165) is 5.52 Å². The number of aryl methyl sites for hydroxylation is 1. The van der Waals surface area contributed by atoms with E-state index in [1.807, 2.05) is 12.1 Å². The Kier molecular flexibility index (Phi) is 4.58. The molecule has 0 aliphatic heterocycles. The van der Waals surface area contributed by atoms with Crippen LogP contribution in [0, 0.1) is 0 Å². The van der Waals surface area contributed by atoms with Gasteiger partial charge >= 0.3 is 5.97 Å². The van der Waals surface area contributed by atoms with Crippen molar-refractivity contribution in [2.45, 2.75) is 18.9 Å². The summed E-state index contributed by atoms with van der Waals surface area (Å²) in [5, 5.41) is 21.1. The summed E-state index contributed by atoms with van der Waals surface area (Å²) in [7, 11) is 1.68. The Labute approximate surface area is 127 Å². The SMILES string of the molecule is CCC(NCCO)(C(=O)O)C(=O)c1nc2ccccc2n1C. The molecule has 2 rings (SSSR count). The molecule has 0 saturated carbocycles. The molecule has 1 atom stereocenters. The molecule has 3 N–H and O–H groups in total. The molecule has 0 radical (unpaired) electrons. The van der Waals surface area contributed by atoms with E-state index in [-0.39, 0.29) is 25.4 Å². The van der Waals surface area contributed by atoms with Crippen molar-refractivity contribution in [2.24, 2.45) is 7.05 Å².